The number of amides is 1. The van der Waals surface area contributed by atoms with Gasteiger partial charge >= 0.3 is 0 Å². The zero-order valence-corrected chi connectivity index (χ0v) is 18.2. The van der Waals surface area contributed by atoms with Crippen LogP contribution in [0.3, 0.4) is 0 Å². The SMILES string of the molecule is Cc1cccc(C)c1-n1c(C)cc(C/C=N\NC(=O)c2ccc(Br)cc2)c1C. The van der Waals surface area contributed by atoms with Crippen molar-refractivity contribution in [3.8, 4) is 5.69 Å². The predicted octanol–water partition coefficient (Wildman–Crippen LogP) is 5.43. The zero-order valence-electron chi connectivity index (χ0n) is 16.6. The van der Waals surface area contributed by atoms with Crippen molar-refractivity contribution in [1.29, 1.82) is 0 Å². The van der Waals surface area contributed by atoms with Crippen LogP contribution in [0.2, 0.25) is 0 Å². The van der Waals surface area contributed by atoms with E-state index in [4.69, 9.17) is 0 Å². The van der Waals surface area contributed by atoms with E-state index in [0.29, 0.717) is 12.0 Å². The van der Waals surface area contributed by atoms with E-state index < -0.39 is 0 Å². The molecule has 0 aliphatic carbocycles. The zero-order chi connectivity index (χ0) is 20.3. The number of nitrogens with one attached hydrogen (secondary N) is 1. The van der Waals surface area contributed by atoms with E-state index in [-0.39, 0.29) is 5.91 Å². The second-order valence-corrected chi connectivity index (χ2v) is 7.85. The topological polar surface area (TPSA) is 46.4 Å². The third-order valence-corrected chi connectivity index (χ3v) is 5.40. The van der Waals surface area contributed by atoms with Gasteiger partial charge in [-0.25, -0.2) is 5.43 Å². The Morgan fingerprint density at radius 3 is 2.36 bits per heavy atom. The van der Waals surface area contributed by atoms with Crippen LogP contribution in [-0.2, 0) is 6.42 Å². The fourth-order valence-electron chi connectivity index (χ4n) is 3.45. The van der Waals surface area contributed by atoms with Crippen LogP contribution in [0.15, 0.2) is 58.1 Å². The van der Waals surface area contributed by atoms with Crippen molar-refractivity contribution in [1.82, 2.24) is 9.99 Å². The summed E-state index contributed by atoms with van der Waals surface area (Å²) in [6.45, 7) is 8.53. The molecule has 0 aliphatic heterocycles. The average molecular weight is 438 g/mol. The molecule has 2 aromatic carbocycles. The number of hydrogen-bond donors (Lipinski definition) is 1. The van der Waals surface area contributed by atoms with Gasteiger partial charge in [-0.2, -0.15) is 5.10 Å². The van der Waals surface area contributed by atoms with Crippen molar-refractivity contribution < 1.29 is 4.79 Å². The molecule has 0 aliphatic rings. The first kappa shape index (κ1) is 20.1. The lowest BCUT2D eigenvalue weighted by Crippen LogP contribution is -2.17. The van der Waals surface area contributed by atoms with Gasteiger partial charge in [-0.3, -0.25) is 4.79 Å². The molecule has 0 saturated carbocycles. The number of halogens is 1. The molecule has 0 bridgehead atoms. The quantitative estimate of drug-likeness (QED) is 0.419. The summed E-state index contributed by atoms with van der Waals surface area (Å²) >= 11 is 3.36. The second-order valence-electron chi connectivity index (χ2n) is 6.94. The van der Waals surface area contributed by atoms with Gasteiger partial charge in [-0.05, 0) is 74.7 Å². The molecular formula is C23H24BrN3O. The van der Waals surface area contributed by atoms with Gasteiger partial charge in [0, 0.05) is 34.1 Å². The molecule has 0 spiro atoms. The number of aromatic nitrogens is 1. The van der Waals surface area contributed by atoms with E-state index in [1.54, 1.807) is 18.3 Å². The highest BCUT2D eigenvalue weighted by Gasteiger charge is 2.13. The summed E-state index contributed by atoms with van der Waals surface area (Å²) in [6.07, 6.45) is 2.40. The molecule has 1 heterocycles. The summed E-state index contributed by atoms with van der Waals surface area (Å²) in [5.74, 6) is -0.218. The maximum atomic E-state index is 12.1. The number of carbonyl (C=O) groups is 1. The third kappa shape index (κ3) is 4.25. The standard InChI is InChI=1S/C23H24BrN3O/c1-15-6-5-7-16(2)22(15)27-17(3)14-20(18(27)4)12-13-25-26-23(28)19-8-10-21(24)11-9-19/h5-11,13-14H,12H2,1-4H3,(H,26,28)/b25-13-. The Labute approximate surface area is 174 Å². The lowest BCUT2D eigenvalue weighted by atomic mass is 10.1. The Morgan fingerprint density at radius 2 is 1.71 bits per heavy atom. The number of nitrogens with zero attached hydrogens (tertiary/aromatic N) is 2. The first-order valence-electron chi connectivity index (χ1n) is 9.20. The van der Waals surface area contributed by atoms with Crippen LogP contribution in [0.5, 0.6) is 0 Å². The molecule has 1 amide bonds. The van der Waals surface area contributed by atoms with E-state index in [1.807, 2.05) is 12.1 Å². The van der Waals surface area contributed by atoms with Gasteiger partial charge in [0.25, 0.3) is 5.91 Å². The molecular weight excluding hydrogens is 414 g/mol. The lowest BCUT2D eigenvalue weighted by Gasteiger charge is -2.15. The highest BCUT2D eigenvalue weighted by molar-refractivity contribution is 9.10. The fraction of sp³-hybridized carbons (Fsp3) is 0.217. The van der Waals surface area contributed by atoms with Crippen molar-refractivity contribution in [2.24, 2.45) is 5.10 Å². The molecule has 0 saturated heterocycles. The maximum Gasteiger partial charge on any atom is 0.271 e. The summed E-state index contributed by atoms with van der Waals surface area (Å²) < 4.78 is 3.24. The van der Waals surface area contributed by atoms with Gasteiger partial charge in [0.2, 0.25) is 0 Å². The summed E-state index contributed by atoms with van der Waals surface area (Å²) in [7, 11) is 0. The first-order chi connectivity index (χ1) is 13.4. The van der Waals surface area contributed by atoms with Gasteiger partial charge < -0.3 is 4.57 Å². The molecule has 0 radical (unpaired) electrons. The van der Waals surface area contributed by atoms with E-state index in [9.17, 15) is 4.79 Å². The molecule has 28 heavy (non-hydrogen) atoms. The van der Waals surface area contributed by atoms with E-state index >= 15 is 0 Å². The van der Waals surface area contributed by atoms with Crippen LogP contribution in [0.1, 0.15) is 38.4 Å². The number of para-hydroxylation sites is 1. The molecule has 3 aromatic rings. The minimum atomic E-state index is -0.218. The fourth-order valence-corrected chi connectivity index (χ4v) is 3.72. The van der Waals surface area contributed by atoms with Gasteiger partial charge in [0.05, 0.1) is 5.69 Å². The van der Waals surface area contributed by atoms with Crippen LogP contribution >= 0.6 is 15.9 Å². The third-order valence-electron chi connectivity index (χ3n) is 4.87. The maximum absolute atomic E-state index is 12.1. The molecule has 1 aromatic heterocycles. The van der Waals surface area contributed by atoms with Crippen molar-refractivity contribution in [3.05, 3.63) is 86.6 Å². The monoisotopic (exact) mass is 437 g/mol. The van der Waals surface area contributed by atoms with E-state index in [1.165, 1.54) is 33.8 Å². The van der Waals surface area contributed by atoms with Crippen molar-refractivity contribution in [3.63, 3.8) is 0 Å². The smallest absolute Gasteiger partial charge is 0.271 e. The highest BCUT2D eigenvalue weighted by Crippen LogP contribution is 2.26. The van der Waals surface area contributed by atoms with Crippen LogP contribution in [-0.4, -0.2) is 16.7 Å². The number of hydrazone groups is 1. The second kappa shape index (κ2) is 8.57. The molecule has 4 nitrogen and oxygen atoms in total. The van der Waals surface area contributed by atoms with E-state index in [0.717, 1.165) is 4.47 Å². The summed E-state index contributed by atoms with van der Waals surface area (Å²) in [5.41, 5.74) is 10.5. The molecule has 0 unspecified atom stereocenters. The molecule has 5 heteroatoms. The Hall–Kier alpha value is -2.66. The van der Waals surface area contributed by atoms with Crippen molar-refractivity contribution in [2.75, 3.05) is 0 Å². The summed E-state index contributed by atoms with van der Waals surface area (Å²) in [4.78, 5) is 12.1. The average Bonchev–Trinajstić information content (AvgIpc) is 2.93. The number of rotatable bonds is 5. The Morgan fingerprint density at radius 1 is 1.07 bits per heavy atom. The van der Waals surface area contributed by atoms with Gasteiger partial charge in [0.1, 0.15) is 0 Å². The van der Waals surface area contributed by atoms with Crippen LogP contribution in [0.4, 0.5) is 0 Å². The number of aryl methyl sites for hydroxylation is 3. The minimum Gasteiger partial charge on any atom is -0.318 e. The Kier molecular flexibility index (Phi) is 6.15. The summed E-state index contributed by atoms with van der Waals surface area (Å²) in [6, 6.07) is 15.7. The number of benzene rings is 2. The molecule has 0 fully saturated rings. The predicted molar refractivity (Wildman–Crippen MR) is 119 cm³/mol. The lowest BCUT2D eigenvalue weighted by molar-refractivity contribution is 0.0955. The van der Waals surface area contributed by atoms with Crippen molar-refractivity contribution >= 4 is 28.1 Å². The van der Waals surface area contributed by atoms with Crippen LogP contribution in [0.25, 0.3) is 5.69 Å². The van der Waals surface area contributed by atoms with Crippen LogP contribution in [0, 0.1) is 27.7 Å². The largest absolute Gasteiger partial charge is 0.318 e. The van der Waals surface area contributed by atoms with Gasteiger partial charge in [-0.1, -0.05) is 34.1 Å². The number of carbonyl (C=O) groups excluding carboxylic acids is 1. The van der Waals surface area contributed by atoms with Gasteiger partial charge in [0.15, 0.2) is 0 Å². The highest BCUT2D eigenvalue weighted by atomic mass is 79.9. The van der Waals surface area contributed by atoms with Gasteiger partial charge in [-0.15, -0.1) is 0 Å². The molecule has 1 N–H and O–H groups in total. The molecule has 0 atom stereocenters. The van der Waals surface area contributed by atoms with E-state index in [2.05, 4.69) is 83.0 Å². The Balaban J connectivity index is 1.73. The first-order valence-corrected chi connectivity index (χ1v) is 9.99. The van der Waals surface area contributed by atoms with Crippen LogP contribution < -0.4 is 5.43 Å². The molecule has 3 rings (SSSR count). The summed E-state index contributed by atoms with van der Waals surface area (Å²) in [5, 5.41) is 4.11. The van der Waals surface area contributed by atoms with Crippen molar-refractivity contribution in [2.45, 2.75) is 34.1 Å². The Bertz CT molecular complexity index is 1010. The minimum absolute atomic E-state index is 0.218. The normalized spacial score (nSPS) is 11.2. The number of hydrogen-bond acceptors (Lipinski definition) is 2. The molecule has 144 valence electrons.